The summed E-state index contributed by atoms with van der Waals surface area (Å²) in [5.74, 6) is -1.63. The number of amides is 1. The van der Waals surface area contributed by atoms with Crippen LogP contribution in [0.4, 0.5) is 0 Å². The molecule has 108 valence electrons. The Morgan fingerprint density at radius 1 is 1.20 bits per heavy atom. The van der Waals surface area contributed by atoms with E-state index >= 15 is 0 Å². The summed E-state index contributed by atoms with van der Waals surface area (Å²) in [5, 5.41) is 8.91. The molecule has 1 heterocycles. The van der Waals surface area contributed by atoms with Crippen LogP contribution >= 0.6 is 0 Å². The van der Waals surface area contributed by atoms with E-state index in [1.807, 2.05) is 0 Å². The second-order valence-corrected chi connectivity index (χ2v) is 6.48. The normalized spacial score (nSPS) is 16.8. The average molecular weight is 297 g/mol. The van der Waals surface area contributed by atoms with Gasteiger partial charge in [-0.1, -0.05) is 12.5 Å². The lowest BCUT2D eigenvalue weighted by Crippen LogP contribution is -2.36. The van der Waals surface area contributed by atoms with Crippen LogP contribution in [-0.2, 0) is 14.8 Å². The van der Waals surface area contributed by atoms with E-state index in [0.29, 0.717) is 12.8 Å². The largest absolute Gasteiger partial charge is 0.478 e. The van der Waals surface area contributed by atoms with Crippen molar-refractivity contribution in [2.75, 3.05) is 6.54 Å². The first-order valence-electron chi connectivity index (χ1n) is 6.32. The molecule has 1 amide bonds. The Kier molecular flexibility index (Phi) is 4.08. The Labute approximate surface area is 117 Å². The maximum absolute atomic E-state index is 12.4. The molecule has 20 heavy (non-hydrogen) atoms. The molecule has 0 saturated carbocycles. The monoisotopic (exact) mass is 297 g/mol. The van der Waals surface area contributed by atoms with Gasteiger partial charge >= 0.3 is 5.97 Å². The van der Waals surface area contributed by atoms with E-state index in [-0.39, 0.29) is 23.4 Å². The molecule has 0 bridgehead atoms. The van der Waals surface area contributed by atoms with Crippen LogP contribution in [0.2, 0.25) is 0 Å². The first kappa shape index (κ1) is 14.5. The Bertz CT molecular complexity index is 638. The Balaban J connectivity index is 2.41. The summed E-state index contributed by atoms with van der Waals surface area (Å²) < 4.78 is 25.7. The van der Waals surface area contributed by atoms with Crippen LogP contribution in [0.15, 0.2) is 29.2 Å². The SMILES string of the molecule is O=C(O)c1cccc(S(=O)(=O)N2CCCCCC2=O)c1. The first-order valence-corrected chi connectivity index (χ1v) is 7.76. The van der Waals surface area contributed by atoms with Gasteiger partial charge in [0.15, 0.2) is 0 Å². The van der Waals surface area contributed by atoms with Gasteiger partial charge in [0, 0.05) is 13.0 Å². The molecule has 0 spiro atoms. The van der Waals surface area contributed by atoms with Crippen molar-refractivity contribution in [2.24, 2.45) is 0 Å². The van der Waals surface area contributed by atoms with Crippen LogP contribution in [-0.4, -0.2) is 36.3 Å². The third-order valence-electron chi connectivity index (χ3n) is 3.20. The second kappa shape index (κ2) is 5.62. The molecule has 1 aliphatic heterocycles. The summed E-state index contributed by atoms with van der Waals surface area (Å²) in [6.45, 7) is 0.151. The van der Waals surface area contributed by atoms with Crippen molar-refractivity contribution in [3.05, 3.63) is 29.8 Å². The highest BCUT2D eigenvalue weighted by Crippen LogP contribution is 2.21. The first-order chi connectivity index (χ1) is 9.43. The highest BCUT2D eigenvalue weighted by molar-refractivity contribution is 7.89. The van der Waals surface area contributed by atoms with Crippen LogP contribution in [0.5, 0.6) is 0 Å². The fraction of sp³-hybridized carbons (Fsp3) is 0.385. The number of sulfonamides is 1. The smallest absolute Gasteiger partial charge is 0.335 e. The Hall–Kier alpha value is -1.89. The van der Waals surface area contributed by atoms with Crippen LogP contribution in [0, 0.1) is 0 Å². The predicted molar refractivity (Wildman–Crippen MR) is 70.8 cm³/mol. The number of aromatic carboxylic acids is 1. The van der Waals surface area contributed by atoms with Crippen LogP contribution < -0.4 is 0 Å². The number of carboxylic acid groups (broad SMARTS) is 1. The van der Waals surface area contributed by atoms with E-state index in [1.54, 1.807) is 0 Å². The molecular weight excluding hydrogens is 282 g/mol. The number of benzene rings is 1. The van der Waals surface area contributed by atoms with Crippen molar-refractivity contribution in [3.8, 4) is 0 Å². The second-order valence-electron chi connectivity index (χ2n) is 4.61. The zero-order valence-electron chi connectivity index (χ0n) is 10.8. The molecule has 1 fully saturated rings. The fourth-order valence-corrected chi connectivity index (χ4v) is 3.64. The lowest BCUT2D eigenvalue weighted by molar-refractivity contribution is -0.126. The van der Waals surface area contributed by atoms with Crippen molar-refractivity contribution in [1.82, 2.24) is 4.31 Å². The number of carbonyl (C=O) groups is 2. The maximum Gasteiger partial charge on any atom is 0.335 e. The summed E-state index contributed by atoms with van der Waals surface area (Å²) in [4.78, 5) is 22.6. The number of hydrogen-bond donors (Lipinski definition) is 1. The minimum Gasteiger partial charge on any atom is -0.478 e. The molecule has 6 nitrogen and oxygen atoms in total. The lowest BCUT2D eigenvalue weighted by Gasteiger charge is -2.20. The molecular formula is C13H15NO5S. The van der Waals surface area contributed by atoms with E-state index in [1.165, 1.54) is 18.2 Å². The minimum atomic E-state index is -3.97. The minimum absolute atomic E-state index is 0.117. The van der Waals surface area contributed by atoms with Gasteiger partial charge in [-0.05, 0) is 31.0 Å². The molecule has 1 aromatic rings. The Morgan fingerprint density at radius 3 is 2.65 bits per heavy atom. The summed E-state index contributed by atoms with van der Waals surface area (Å²) in [6.07, 6.45) is 2.33. The van der Waals surface area contributed by atoms with Crippen LogP contribution in [0.25, 0.3) is 0 Å². The van der Waals surface area contributed by atoms with E-state index in [9.17, 15) is 18.0 Å². The zero-order valence-corrected chi connectivity index (χ0v) is 11.6. The number of rotatable bonds is 3. The molecule has 1 N–H and O–H groups in total. The number of nitrogens with zero attached hydrogens (tertiary/aromatic N) is 1. The standard InChI is InChI=1S/C13H15NO5S/c15-12-7-2-1-3-8-14(12)20(18,19)11-6-4-5-10(9-11)13(16)17/h4-6,9H,1-3,7-8H2,(H,16,17). The molecule has 2 rings (SSSR count). The topological polar surface area (TPSA) is 91.8 Å². The van der Waals surface area contributed by atoms with E-state index in [0.717, 1.165) is 16.8 Å². The van der Waals surface area contributed by atoms with E-state index in [4.69, 9.17) is 5.11 Å². The van der Waals surface area contributed by atoms with Crippen molar-refractivity contribution in [1.29, 1.82) is 0 Å². The van der Waals surface area contributed by atoms with Crippen LogP contribution in [0.1, 0.15) is 36.0 Å². The van der Waals surface area contributed by atoms with Gasteiger partial charge < -0.3 is 5.11 Å². The zero-order chi connectivity index (χ0) is 14.8. The summed E-state index contributed by atoms with van der Waals surface area (Å²) in [7, 11) is -3.97. The van der Waals surface area contributed by atoms with Gasteiger partial charge in [0.25, 0.3) is 10.0 Å². The maximum atomic E-state index is 12.4. The number of carboxylic acids is 1. The quantitative estimate of drug-likeness (QED) is 0.912. The molecule has 0 aliphatic carbocycles. The summed E-state index contributed by atoms with van der Waals surface area (Å²) in [6, 6.07) is 5.06. The van der Waals surface area contributed by atoms with Crippen molar-refractivity contribution in [2.45, 2.75) is 30.6 Å². The molecule has 1 saturated heterocycles. The average Bonchev–Trinajstić information content (AvgIpc) is 2.64. The van der Waals surface area contributed by atoms with Crippen molar-refractivity contribution >= 4 is 21.9 Å². The van der Waals surface area contributed by atoms with Gasteiger partial charge in [0.05, 0.1) is 10.5 Å². The van der Waals surface area contributed by atoms with Gasteiger partial charge in [-0.3, -0.25) is 4.79 Å². The number of hydrogen-bond acceptors (Lipinski definition) is 4. The molecule has 0 radical (unpaired) electrons. The lowest BCUT2D eigenvalue weighted by atomic mass is 10.2. The van der Waals surface area contributed by atoms with Gasteiger partial charge in [0.2, 0.25) is 5.91 Å². The molecule has 7 heteroatoms. The van der Waals surface area contributed by atoms with Gasteiger partial charge in [0.1, 0.15) is 0 Å². The Morgan fingerprint density at radius 2 is 1.95 bits per heavy atom. The summed E-state index contributed by atoms with van der Waals surface area (Å²) >= 11 is 0. The van der Waals surface area contributed by atoms with Crippen molar-refractivity contribution < 1.29 is 23.1 Å². The van der Waals surface area contributed by atoms with Gasteiger partial charge in [-0.25, -0.2) is 17.5 Å². The third kappa shape index (κ3) is 2.82. The predicted octanol–water partition coefficient (Wildman–Crippen LogP) is 1.48. The molecule has 1 aliphatic rings. The van der Waals surface area contributed by atoms with Crippen LogP contribution in [0.3, 0.4) is 0 Å². The van der Waals surface area contributed by atoms with E-state index in [2.05, 4.69) is 0 Å². The molecule has 0 unspecified atom stereocenters. The number of carbonyl (C=O) groups excluding carboxylic acids is 1. The fourth-order valence-electron chi connectivity index (χ4n) is 2.13. The van der Waals surface area contributed by atoms with E-state index < -0.39 is 21.9 Å². The van der Waals surface area contributed by atoms with Gasteiger partial charge in [-0.2, -0.15) is 0 Å². The third-order valence-corrected chi connectivity index (χ3v) is 5.02. The highest BCUT2D eigenvalue weighted by atomic mass is 32.2. The molecule has 0 aromatic heterocycles. The molecule has 0 atom stereocenters. The highest BCUT2D eigenvalue weighted by Gasteiger charge is 2.30. The van der Waals surface area contributed by atoms with Crippen molar-refractivity contribution in [3.63, 3.8) is 0 Å². The summed E-state index contributed by atoms with van der Waals surface area (Å²) in [5.41, 5.74) is -0.117. The molecule has 1 aromatic carbocycles. The van der Waals surface area contributed by atoms with Gasteiger partial charge in [-0.15, -0.1) is 0 Å².